The molecule has 0 radical (unpaired) electrons. The molecule has 3 rings (SSSR count). The highest BCUT2D eigenvalue weighted by Gasteiger charge is 2.40. The lowest BCUT2D eigenvalue weighted by molar-refractivity contribution is -0.121. The van der Waals surface area contributed by atoms with Gasteiger partial charge in [0.1, 0.15) is 18.0 Å². The Balaban J connectivity index is 1.98. The first kappa shape index (κ1) is 20.4. The zero-order valence-corrected chi connectivity index (χ0v) is 15.9. The number of aromatic nitrogens is 2. The van der Waals surface area contributed by atoms with Crippen molar-refractivity contribution in [3.63, 3.8) is 0 Å². The molecule has 28 heavy (non-hydrogen) atoms. The lowest BCUT2D eigenvalue weighted by Gasteiger charge is -2.26. The topological polar surface area (TPSA) is 29.0 Å². The SMILES string of the molecule is Cc1cc(N(c2cc(Cc3ccc(Cl)c(Cl)c3)ncn2)C(F)(F)F)ccc1F. The minimum absolute atomic E-state index is 0.0828. The molecule has 0 bridgehead atoms. The van der Waals surface area contributed by atoms with E-state index in [1.165, 1.54) is 13.0 Å². The van der Waals surface area contributed by atoms with Gasteiger partial charge in [-0.2, -0.15) is 0 Å². The number of alkyl halides is 3. The molecular weight excluding hydrogens is 417 g/mol. The van der Waals surface area contributed by atoms with E-state index in [9.17, 15) is 17.6 Å². The van der Waals surface area contributed by atoms with Gasteiger partial charge in [0.25, 0.3) is 0 Å². The van der Waals surface area contributed by atoms with E-state index < -0.39 is 12.1 Å². The Bertz CT molecular complexity index is 1010. The number of hydrogen-bond acceptors (Lipinski definition) is 3. The smallest absolute Gasteiger partial charge is 0.241 e. The summed E-state index contributed by atoms with van der Waals surface area (Å²) in [7, 11) is 0. The van der Waals surface area contributed by atoms with Crippen molar-refractivity contribution >= 4 is 34.7 Å². The molecule has 3 aromatic rings. The van der Waals surface area contributed by atoms with E-state index in [4.69, 9.17) is 23.2 Å². The van der Waals surface area contributed by atoms with Gasteiger partial charge >= 0.3 is 6.30 Å². The van der Waals surface area contributed by atoms with Crippen LogP contribution in [0.15, 0.2) is 48.8 Å². The van der Waals surface area contributed by atoms with Crippen molar-refractivity contribution in [3.05, 3.63) is 81.5 Å². The highest BCUT2D eigenvalue weighted by Crippen LogP contribution is 2.36. The van der Waals surface area contributed by atoms with E-state index in [-0.39, 0.29) is 28.4 Å². The third-order valence-electron chi connectivity index (χ3n) is 3.96. The highest BCUT2D eigenvalue weighted by atomic mass is 35.5. The van der Waals surface area contributed by atoms with Crippen molar-refractivity contribution in [1.29, 1.82) is 0 Å². The van der Waals surface area contributed by atoms with Gasteiger partial charge in [-0.1, -0.05) is 29.3 Å². The second-order valence-corrected chi connectivity index (χ2v) is 6.84. The monoisotopic (exact) mass is 429 g/mol. The molecule has 0 spiro atoms. The second-order valence-electron chi connectivity index (χ2n) is 6.03. The zero-order valence-electron chi connectivity index (χ0n) is 14.4. The summed E-state index contributed by atoms with van der Waals surface area (Å²) < 4.78 is 54.6. The molecule has 0 aliphatic heterocycles. The fraction of sp³-hybridized carbons (Fsp3) is 0.158. The van der Waals surface area contributed by atoms with E-state index in [1.54, 1.807) is 18.2 Å². The van der Waals surface area contributed by atoms with Crippen LogP contribution in [0.4, 0.5) is 29.1 Å². The molecule has 0 amide bonds. The lowest BCUT2D eigenvalue weighted by Crippen LogP contribution is -2.34. The van der Waals surface area contributed by atoms with Gasteiger partial charge < -0.3 is 0 Å². The molecule has 0 aliphatic carbocycles. The van der Waals surface area contributed by atoms with Crippen LogP contribution < -0.4 is 4.90 Å². The number of halogens is 6. The standard InChI is InChI=1S/C19H13Cl2F4N3/c1-11-6-14(3-5-17(11)22)28(19(23,24)25)18-9-13(26-10-27-18)7-12-2-4-15(20)16(21)8-12/h2-6,8-10H,7H2,1H3. The average molecular weight is 430 g/mol. The van der Waals surface area contributed by atoms with Crippen LogP contribution in [0.2, 0.25) is 10.0 Å². The molecule has 0 atom stereocenters. The molecule has 1 aromatic heterocycles. The number of aryl methyl sites for hydroxylation is 1. The number of anilines is 2. The molecule has 2 aromatic carbocycles. The molecule has 0 saturated carbocycles. The van der Waals surface area contributed by atoms with Gasteiger partial charge in [-0.25, -0.2) is 19.3 Å². The van der Waals surface area contributed by atoms with E-state index >= 15 is 0 Å². The molecule has 9 heteroatoms. The summed E-state index contributed by atoms with van der Waals surface area (Å²) in [4.78, 5) is 7.88. The van der Waals surface area contributed by atoms with Crippen molar-refractivity contribution in [2.45, 2.75) is 19.6 Å². The van der Waals surface area contributed by atoms with Crippen molar-refractivity contribution in [2.75, 3.05) is 4.90 Å². The predicted molar refractivity (Wildman–Crippen MR) is 101 cm³/mol. The fourth-order valence-electron chi connectivity index (χ4n) is 2.64. The van der Waals surface area contributed by atoms with Crippen molar-refractivity contribution < 1.29 is 17.6 Å². The van der Waals surface area contributed by atoms with Crippen LogP contribution in [0.5, 0.6) is 0 Å². The molecule has 146 valence electrons. The lowest BCUT2D eigenvalue weighted by atomic mass is 10.1. The molecule has 0 aliphatic rings. The summed E-state index contributed by atoms with van der Waals surface area (Å²) in [6, 6.07) is 9.32. The maximum Gasteiger partial charge on any atom is 0.490 e. The molecule has 3 nitrogen and oxygen atoms in total. The van der Waals surface area contributed by atoms with Crippen molar-refractivity contribution in [2.24, 2.45) is 0 Å². The van der Waals surface area contributed by atoms with Gasteiger partial charge in [0, 0.05) is 12.5 Å². The van der Waals surface area contributed by atoms with Crippen molar-refractivity contribution in [1.82, 2.24) is 9.97 Å². The van der Waals surface area contributed by atoms with Gasteiger partial charge in [0.2, 0.25) is 0 Å². The van der Waals surface area contributed by atoms with Gasteiger partial charge in [0.05, 0.1) is 21.4 Å². The minimum atomic E-state index is -4.76. The highest BCUT2D eigenvalue weighted by molar-refractivity contribution is 6.42. The Morgan fingerprint density at radius 1 is 0.964 bits per heavy atom. The first-order valence-electron chi connectivity index (χ1n) is 8.03. The molecule has 0 saturated heterocycles. The maximum absolute atomic E-state index is 13.7. The van der Waals surface area contributed by atoms with Gasteiger partial charge in [0.15, 0.2) is 0 Å². The molecule has 0 fully saturated rings. The Morgan fingerprint density at radius 2 is 1.71 bits per heavy atom. The van der Waals surface area contributed by atoms with Gasteiger partial charge in [-0.3, -0.25) is 0 Å². The van der Waals surface area contributed by atoms with E-state index in [0.29, 0.717) is 15.7 Å². The van der Waals surface area contributed by atoms with E-state index in [2.05, 4.69) is 9.97 Å². The van der Waals surface area contributed by atoms with Crippen LogP contribution in [0.3, 0.4) is 0 Å². The zero-order chi connectivity index (χ0) is 20.5. The third kappa shape index (κ3) is 4.54. The van der Waals surface area contributed by atoms with Crippen LogP contribution in [-0.4, -0.2) is 16.3 Å². The summed E-state index contributed by atoms with van der Waals surface area (Å²) >= 11 is 11.9. The molecule has 1 heterocycles. The first-order valence-corrected chi connectivity index (χ1v) is 8.78. The Kier molecular flexibility index (Phi) is 5.76. The Labute approximate surface area is 168 Å². The summed E-state index contributed by atoms with van der Waals surface area (Å²) in [5.41, 5.74) is 0.939. The summed E-state index contributed by atoms with van der Waals surface area (Å²) in [6.07, 6.45) is -3.47. The Morgan fingerprint density at radius 3 is 2.36 bits per heavy atom. The quantitative estimate of drug-likeness (QED) is 0.351. The maximum atomic E-state index is 13.7. The summed E-state index contributed by atoms with van der Waals surface area (Å²) in [5, 5.41) is 0.718. The first-order chi connectivity index (χ1) is 13.1. The number of rotatable bonds is 4. The van der Waals surface area contributed by atoms with E-state index in [0.717, 1.165) is 30.1 Å². The van der Waals surface area contributed by atoms with Gasteiger partial charge in [-0.15, -0.1) is 13.2 Å². The Hall–Kier alpha value is -2.38. The molecule has 0 N–H and O–H groups in total. The van der Waals surface area contributed by atoms with Crippen LogP contribution in [0.1, 0.15) is 16.8 Å². The summed E-state index contributed by atoms with van der Waals surface area (Å²) in [6.45, 7) is 1.39. The van der Waals surface area contributed by atoms with Crippen LogP contribution in [0.25, 0.3) is 0 Å². The fourth-order valence-corrected chi connectivity index (χ4v) is 2.96. The number of hydrogen-bond donors (Lipinski definition) is 0. The molecular formula is C19H13Cl2F4N3. The second kappa shape index (κ2) is 7.93. The predicted octanol–water partition coefficient (Wildman–Crippen LogP) is 6.48. The minimum Gasteiger partial charge on any atom is -0.241 e. The summed E-state index contributed by atoms with van der Waals surface area (Å²) in [5.74, 6) is -0.961. The van der Waals surface area contributed by atoms with Crippen molar-refractivity contribution in [3.8, 4) is 0 Å². The van der Waals surface area contributed by atoms with Crippen LogP contribution in [0, 0.1) is 12.7 Å². The third-order valence-corrected chi connectivity index (χ3v) is 4.70. The number of nitrogens with zero attached hydrogens (tertiary/aromatic N) is 3. The van der Waals surface area contributed by atoms with Crippen LogP contribution in [-0.2, 0) is 6.42 Å². The van der Waals surface area contributed by atoms with Gasteiger partial charge in [-0.05, 0) is 48.4 Å². The van der Waals surface area contributed by atoms with Crippen LogP contribution >= 0.6 is 23.2 Å². The van der Waals surface area contributed by atoms with E-state index in [1.807, 2.05) is 0 Å². The number of benzene rings is 2. The largest absolute Gasteiger partial charge is 0.490 e. The average Bonchev–Trinajstić information content (AvgIpc) is 2.61. The molecule has 0 unspecified atom stereocenters. The normalized spacial score (nSPS) is 11.5.